The lowest BCUT2D eigenvalue weighted by Crippen LogP contribution is -2.37. The van der Waals surface area contributed by atoms with Crippen molar-refractivity contribution in [3.8, 4) is 5.69 Å². The zero-order chi connectivity index (χ0) is 14.8. The summed E-state index contributed by atoms with van der Waals surface area (Å²) in [6.07, 6.45) is -6.12. The van der Waals surface area contributed by atoms with Gasteiger partial charge in [-0.3, -0.25) is 14.7 Å². The second-order valence-corrected chi connectivity index (χ2v) is 3.85. The minimum atomic E-state index is -5.24. The molecule has 20 heavy (non-hydrogen) atoms. The quantitative estimate of drug-likeness (QED) is 0.882. The number of alkyl halides is 4. The van der Waals surface area contributed by atoms with Crippen LogP contribution >= 0.6 is 0 Å². The smallest absolute Gasteiger partial charge is 0.293 e. The number of nitrogens with zero attached hydrogens (tertiary/aromatic N) is 2. The second-order valence-electron chi connectivity index (χ2n) is 3.85. The first-order valence-corrected chi connectivity index (χ1v) is 5.50. The number of benzene rings is 1. The Morgan fingerprint density at radius 2 is 1.90 bits per heavy atom. The van der Waals surface area contributed by atoms with Crippen molar-refractivity contribution < 1.29 is 22.4 Å². The number of halogens is 4. The van der Waals surface area contributed by atoms with Crippen LogP contribution in [0.5, 0.6) is 0 Å². The third kappa shape index (κ3) is 2.95. The first kappa shape index (κ1) is 14.0. The van der Waals surface area contributed by atoms with Crippen LogP contribution in [0.15, 0.2) is 42.7 Å². The standard InChI is InChI=1S/C12H9F4N3O/c13-9(12(14,15)16)10(20)18-11-17-6-7-19(11)8-4-2-1-3-5-8/h1-7,9H,(H,17,18,20). The molecule has 1 N–H and O–H groups in total. The van der Waals surface area contributed by atoms with E-state index in [0.717, 1.165) is 0 Å². The van der Waals surface area contributed by atoms with E-state index >= 15 is 0 Å². The van der Waals surface area contributed by atoms with Gasteiger partial charge in [0.2, 0.25) is 5.95 Å². The molecule has 1 amide bonds. The summed E-state index contributed by atoms with van der Waals surface area (Å²) in [6, 6.07) is 8.48. The Morgan fingerprint density at radius 3 is 2.50 bits per heavy atom. The van der Waals surface area contributed by atoms with Crippen LogP contribution in [0.3, 0.4) is 0 Å². The summed E-state index contributed by atoms with van der Waals surface area (Å²) in [7, 11) is 0. The predicted octanol–water partition coefficient (Wildman–Crippen LogP) is 2.71. The molecule has 1 aromatic heterocycles. The van der Waals surface area contributed by atoms with E-state index < -0.39 is 18.3 Å². The Bertz CT molecular complexity index is 594. The van der Waals surface area contributed by atoms with Crippen molar-refractivity contribution in [2.75, 3.05) is 5.32 Å². The minimum absolute atomic E-state index is 0.187. The van der Waals surface area contributed by atoms with E-state index in [2.05, 4.69) is 4.98 Å². The summed E-state index contributed by atoms with van der Waals surface area (Å²) in [6.45, 7) is 0. The molecule has 0 aliphatic rings. The molecule has 8 heteroatoms. The lowest BCUT2D eigenvalue weighted by molar-refractivity contribution is -0.183. The fraction of sp³-hybridized carbons (Fsp3) is 0.167. The zero-order valence-electron chi connectivity index (χ0n) is 9.93. The Balaban J connectivity index is 2.20. The topological polar surface area (TPSA) is 46.9 Å². The number of aromatic nitrogens is 2. The predicted molar refractivity (Wildman–Crippen MR) is 63.1 cm³/mol. The maximum atomic E-state index is 12.9. The van der Waals surface area contributed by atoms with Gasteiger partial charge in [-0.1, -0.05) is 18.2 Å². The molecule has 2 rings (SSSR count). The van der Waals surface area contributed by atoms with Gasteiger partial charge in [0.15, 0.2) is 0 Å². The highest BCUT2D eigenvalue weighted by atomic mass is 19.4. The summed E-state index contributed by atoms with van der Waals surface area (Å²) in [5.41, 5.74) is 0.572. The number of nitrogens with one attached hydrogen (secondary N) is 1. The first-order valence-electron chi connectivity index (χ1n) is 5.50. The molecular formula is C12H9F4N3O. The SMILES string of the molecule is O=C(Nc1nccn1-c1ccccc1)C(F)C(F)(F)F. The number of anilines is 1. The van der Waals surface area contributed by atoms with Crippen LogP contribution in [-0.2, 0) is 4.79 Å². The van der Waals surface area contributed by atoms with Crippen molar-refractivity contribution in [2.24, 2.45) is 0 Å². The highest BCUT2D eigenvalue weighted by molar-refractivity contribution is 5.93. The Kier molecular flexibility index (Phi) is 3.73. The van der Waals surface area contributed by atoms with Gasteiger partial charge in [0.05, 0.1) is 0 Å². The summed E-state index contributed by atoms with van der Waals surface area (Å²) in [5, 5.41) is 1.81. The van der Waals surface area contributed by atoms with Crippen LogP contribution in [0.2, 0.25) is 0 Å². The van der Waals surface area contributed by atoms with Crippen LogP contribution < -0.4 is 5.32 Å². The molecule has 0 saturated carbocycles. The average Bonchev–Trinajstić information content (AvgIpc) is 2.86. The van der Waals surface area contributed by atoms with E-state index in [9.17, 15) is 22.4 Å². The molecule has 0 aliphatic carbocycles. The van der Waals surface area contributed by atoms with E-state index in [4.69, 9.17) is 0 Å². The highest BCUT2D eigenvalue weighted by Gasteiger charge is 2.45. The first-order chi connectivity index (χ1) is 9.39. The molecule has 0 fully saturated rings. The Morgan fingerprint density at radius 1 is 1.25 bits per heavy atom. The molecule has 0 saturated heterocycles. The lowest BCUT2D eigenvalue weighted by atomic mass is 10.3. The summed E-state index contributed by atoms with van der Waals surface area (Å²) in [5.74, 6) is -1.99. The van der Waals surface area contributed by atoms with E-state index in [1.54, 1.807) is 30.3 Å². The Labute approximate surface area is 111 Å². The van der Waals surface area contributed by atoms with Gasteiger partial charge in [0, 0.05) is 18.1 Å². The lowest BCUT2D eigenvalue weighted by Gasteiger charge is -2.13. The third-order valence-electron chi connectivity index (χ3n) is 2.43. The van der Waals surface area contributed by atoms with Gasteiger partial charge in [-0.05, 0) is 12.1 Å². The molecule has 1 heterocycles. The number of para-hydroxylation sites is 1. The van der Waals surface area contributed by atoms with Gasteiger partial charge in [-0.2, -0.15) is 13.2 Å². The molecule has 1 aromatic carbocycles. The number of amides is 1. The fourth-order valence-corrected chi connectivity index (χ4v) is 1.52. The number of carbonyl (C=O) groups excluding carboxylic acids is 1. The van der Waals surface area contributed by atoms with Gasteiger partial charge in [-0.15, -0.1) is 0 Å². The van der Waals surface area contributed by atoms with Crippen molar-refractivity contribution in [1.29, 1.82) is 0 Å². The van der Waals surface area contributed by atoms with Gasteiger partial charge in [0.1, 0.15) is 0 Å². The van der Waals surface area contributed by atoms with Gasteiger partial charge < -0.3 is 0 Å². The second kappa shape index (κ2) is 5.32. The van der Waals surface area contributed by atoms with Crippen LogP contribution in [0, 0.1) is 0 Å². The molecule has 0 bridgehead atoms. The largest absolute Gasteiger partial charge is 0.428 e. The van der Waals surface area contributed by atoms with Crippen LogP contribution in [0.4, 0.5) is 23.5 Å². The van der Waals surface area contributed by atoms with Crippen molar-refractivity contribution in [2.45, 2.75) is 12.3 Å². The number of hydrogen-bond donors (Lipinski definition) is 1. The van der Waals surface area contributed by atoms with Crippen LogP contribution in [0.25, 0.3) is 5.69 Å². The monoisotopic (exact) mass is 287 g/mol. The maximum Gasteiger partial charge on any atom is 0.428 e. The fourth-order valence-electron chi connectivity index (χ4n) is 1.52. The maximum absolute atomic E-state index is 12.9. The van der Waals surface area contributed by atoms with Gasteiger partial charge >= 0.3 is 6.18 Å². The normalized spacial score (nSPS) is 13.0. The minimum Gasteiger partial charge on any atom is -0.293 e. The summed E-state index contributed by atoms with van der Waals surface area (Å²) < 4.78 is 50.5. The average molecular weight is 287 g/mol. The van der Waals surface area contributed by atoms with E-state index in [0.29, 0.717) is 5.69 Å². The van der Waals surface area contributed by atoms with E-state index in [-0.39, 0.29) is 5.95 Å². The van der Waals surface area contributed by atoms with Gasteiger partial charge in [-0.25, -0.2) is 9.37 Å². The number of rotatable bonds is 3. The van der Waals surface area contributed by atoms with E-state index in [1.807, 2.05) is 5.32 Å². The molecule has 106 valence electrons. The van der Waals surface area contributed by atoms with Gasteiger partial charge in [0.25, 0.3) is 12.1 Å². The zero-order valence-corrected chi connectivity index (χ0v) is 9.93. The van der Waals surface area contributed by atoms with Crippen molar-refractivity contribution in [3.05, 3.63) is 42.7 Å². The van der Waals surface area contributed by atoms with Crippen LogP contribution in [0.1, 0.15) is 0 Å². The number of imidazole rings is 1. The molecular weight excluding hydrogens is 278 g/mol. The van der Waals surface area contributed by atoms with Crippen molar-refractivity contribution in [1.82, 2.24) is 9.55 Å². The molecule has 1 unspecified atom stereocenters. The summed E-state index contributed by atoms with van der Waals surface area (Å²) in [4.78, 5) is 14.9. The molecule has 0 radical (unpaired) electrons. The third-order valence-corrected chi connectivity index (χ3v) is 2.43. The highest BCUT2D eigenvalue weighted by Crippen LogP contribution is 2.24. The van der Waals surface area contributed by atoms with Crippen molar-refractivity contribution in [3.63, 3.8) is 0 Å². The Hall–Kier alpha value is -2.38. The molecule has 0 aliphatic heterocycles. The number of carbonyl (C=O) groups is 1. The molecule has 4 nitrogen and oxygen atoms in total. The van der Waals surface area contributed by atoms with Crippen LogP contribution in [-0.4, -0.2) is 27.8 Å². The van der Waals surface area contributed by atoms with Crippen molar-refractivity contribution >= 4 is 11.9 Å². The summed E-state index contributed by atoms with van der Waals surface area (Å²) >= 11 is 0. The van der Waals surface area contributed by atoms with E-state index in [1.165, 1.54) is 17.0 Å². The molecule has 1 atom stereocenters. The molecule has 0 spiro atoms. The molecule has 2 aromatic rings. The number of hydrogen-bond acceptors (Lipinski definition) is 2.